The van der Waals surface area contributed by atoms with Crippen molar-refractivity contribution in [1.82, 2.24) is 0 Å². The fourth-order valence-electron chi connectivity index (χ4n) is 4.50. The second kappa shape index (κ2) is 9.55. The lowest BCUT2D eigenvalue weighted by molar-refractivity contribution is -0.126. The smallest absolute Gasteiger partial charge is 0.348 e. The van der Waals surface area contributed by atoms with Crippen molar-refractivity contribution in [3.63, 3.8) is 0 Å². The van der Waals surface area contributed by atoms with E-state index in [2.05, 4.69) is 0 Å². The number of hydrogen-bond donors (Lipinski definition) is 0. The molecule has 2 amide bonds. The van der Waals surface area contributed by atoms with E-state index < -0.39 is 35.8 Å². The Kier molecular flexibility index (Phi) is 6.72. The predicted molar refractivity (Wildman–Crippen MR) is 125 cm³/mol. The van der Waals surface area contributed by atoms with Crippen LogP contribution in [0.25, 0.3) is 0 Å². The van der Waals surface area contributed by atoms with E-state index in [-0.39, 0.29) is 28.1 Å². The third kappa shape index (κ3) is 3.76. The number of thiophene rings is 1. The van der Waals surface area contributed by atoms with Crippen LogP contribution < -0.4 is 9.96 Å². The first-order valence-corrected chi connectivity index (χ1v) is 11.9. The van der Waals surface area contributed by atoms with Gasteiger partial charge in [0.2, 0.25) is 5.91 Å². The zero-order valence-corrected chi connectivity index (χ0v) is 20.2. The lowest BCUT2D eigenvalue weighted by Crippen LogP contribution is -2.40. The maximum atomic E-state index is 13.7. The fourth-order valence-corrected chi connectivity index (χ4v) is 5.70. The highest BCUT2D eigenvalue weighted by atomic mass is 32.1. The normalized spacial score (nSPS) is 21.7. The first kappa shape index (κ1) is 23.9. The Morgan fingerprint density at radius 1 is 1.09 bits per heavy atom. The van der Waals surface area contributed by atoms with Crippen molar-refractivity contribution < 1.29 is 33.5 Å². The number of hydrogen-bond acceptors (Lipinski definition) is 9. The number of ether oxygens (including phenoxy) is 2. The predicted octanol–water partition coefficient (Wildman–Crippen LogP) is 3.50. The number of imide groups is 1. The number of nitrogens with zero attached hydrogens (tertiary/aromatic N) is 2. The zero-order valence-electron chi connectivity index (χ0n) is 19.4. The van der Waals surface area contributed by atoms with Crippen molar-refractivity contribution in [2.45, 2.75) is 45.8 Å². The van der Waals surface area contributed by atoms with Gasteiger partial charge in [-0.1, -0.05) is 31.5 Å². The van der Waals surface area contributed by atoms with Crippen LogP contribution >= 0.6 is 11.3 Å². The number of hydroxylamine groups is 1. The summed E-state index contributed by atoms with van der Waals surface area (Å²) in [6, 6.07) is 8.97. The van der Waals surface area contributed by atoms with Crippen molar-refractivity contribution in [2.75, 3.05) is 23.7 Å². The van der Waals surface area contributed by atoms with Crippen LogP contribution in [0, 0.1) is 12.8 Å². The number of benzene rings is 1. The lowest BCUT2D eigenvalue weighted by atomic mass is 9.93. The Bertz CT molecular complexity index is 1130. The van der Waals surface area contributed by atoms with E-state index in [0.29, 0.717) is 12.0 Å². The monoisotopic (exact) mass is 486 g/mol. The van der Waals surface area contributed by atoms with Crippen LogP contribution in [0.2, 0.25) is 0 Å². The lowest BCUT2D eigenvalue weighted by Gasteiger charge is -2.28. The molecule has 0 N–H and O–H groups in total. The SMILES string of the molecule is CCC[C@@H]1[C@H]2C(=O)N(c3sc(C(=O)OCC)c(C)c3C(=O)OC)C(=O)[C@H]2ON1c1ccccc1. The number of methoxy groups -OCH3 is 1. The van der Waals surface area contributed by atoms with Crippen molar-refractivity contribution in [3.05, 3.63) is 46.3 Å². The van der Waals surface area contributed by atoms with Gasteiger partial charge in [-0.2, -0.15) is 0 Å². The van der Waals surface area contributed by atoms with E-state index in [1.165, 1.54) is 7.11 Å². The average molecular weight is 487 g/mol. The van der Waals surface area contributed by atoms with Gasteiger partial charge in [-0.25, -0.2) is 19.6 Å². The Morgan fingerprint density at radius 3 is 2.41 bits per heavy atom. The molecule has 3 heterocycles. The summed E-state index contributed by atoms with van der Waals surface area (Å²) in [6.45, 7) is 5.38. The van der Waals surface area contributed by atoms with Gasteiger partial charge < -0.3 is 9.47 Å². The highest BCUT2D eigenvalue weighted by molar-refractivity contribution is 7.19. The van der Waals surface area contributed by atoms with E-state index in [0.717, 1.165) is 28.3 Å². The minimum Gasteiger partial charge on any atom is -0.465 e. The summed E-state index contributed by atoms with van der Waals surface area (Å²) in [5.74, 6) is -3.15. The van der Waals surface area contributed by atoms with Gasteiger partial charge in [0.15, 0.2) is 6.10 Å². The fraction of sp³-hybridized carbons (Fsp3) is 0.417. The molecule has 34 heavy (non-hydrogen) atoms. The van der Waals surface area contributed by atoms with Crippen molar-refractivity contribution in [3.8, 4) is 0 Å². The summed E-state index contributed by atoms with van der Waals surface area (Å²) >= 11 is 0.873. The van der Waals surface area contributed by atoms with E-state index in [4.69, 9.17) is 14.3 Å². The van der Waals surface area contributed by atoms with Gasteiger partial charge in [0, 0.05) is 0 Å². The second-order valence-corrected chi connectivity index (χ2v) is 9.03. The number of fused-ring (bicyclic) bond motifs is 1. The number of anilines is 2. The van der Waals surface area contributed by atoms with Crippen LogP contribution in [0.3, 0.4) is 0 Å². The molecule has 2 fully saturated rings. The molecule has 0 saturated carbocycles. The largest absolute Gasteiger partial charge is 0.465 e. The minimum absolute atomic E-state index is 0.00387. The molecule has 9 nitrogen and oxygen atoms in total. The van der Waals surface area contributed by atoms with Gasteiger partial charge in [-0.3, -0.25) is 14.4 Å². The van der Waals surface area contributed by atoms with Crippen molar-refractivity contribution in [1.29, 1.82) is 0 Å². The van der Waals surface area contributed by atoms with Crippen LogP contribution in [0.4, 0.5) is 10.7 Å². The maximum Gasteiger partial charge on any atom is 0.348 e. The Morgan fingerprint density at radius 2 is 1.79 bits per heavy atom. The molecule has 1 aromatic carbocycles. The van der Waals surface area contributed by atoms with Crippen LogP contribution in [-0.4, -0.2) is 49.6 Å². The zero-order chi connectivity index (χ0) is 24.6. The number of esters is 2. The molecule has 2 saturated heterocycles. The average Bonchev–Trinajstić information content (AvgIpc) is 3.45. The van der Waals surface area contributed by atoms with E-state index in [9.17, 15) is 19.2 Å². The van der Waals surface area contributed by atoms with E-state index in [1.54, 1.807) is 18.9 Å². The molecule has 0 radical (unpaired) electrons. The van der Waals surface area contributed by atoms with Gasteiger partial charge in [0.1, 0.15) is 9.88 Å². The number of carbonyl (C=O) groups is 4. The molecule has 0 spiro atoms. The summed E-state index contributed by atoms with van der Waals surface area (Å²) in [6.07, 6.45) is 0.383. The molecule has 1 aromatic heterocycles. The van der Waals surface area contributed by atoms with Crippen LogP contribution in [0.15, 0.2) is 30.3 Å². The Labute approximate surface area is 201 Å². The minimum atomic E-state index is -1.02. The number of amides is 2. The molecule has 4 rings (SSSR count). The molecular formula is C24H26N2O7S. The molecule has 2 aliphatic heterocycles. The van der Waals surface area contributed by atoms with E-state index >= 15 is 0 Å². The molecule has 0 unspecified atom stereocenters. The number of carbonyl (C=O) groups excluding carboxylic acids is 4. The Balaban J connectivity index is 1.75. The molecule has 0 aliphatic carbocycles. The highest BCUT2D eigenvalue weighted by Gasteiger charge is 2.60. The topological polar surface area (TPSA) is 102 Å². The second-order valence-electron chi connectivity index (χ2n) is 8.03. The van der Waals surface area contributed by atoms with Crippen molar-refractivity contribution in [2.24, 2.45) is 5.92 Å². The third-order valence-corrected chi connectivity index (χ3v) is 7.27. The molecule has 3 atom stereocenters. The van der Waals surface area contributed by atoms with Gasteiger partial charge in [0.05, 0.1) is 36.9 Å². The van der Waals surface area contributed by atoms with Gasteiger partial charge in [-0.15, -0.1) is 11.3 Å². The summed E-state index contributed by atoms with van der Waals surface area (Å²) in [5.41, 5.74) is 1.07. The maximum absolute atomic E-state index is 13.7. The summed E-state index contributed by atoms with van der Waals surface area (Å²) in [4.78, 5) is 59.4. The number of rotatable bonds is 7. The molecular weight excluding hydrogens is 460 g/mol. The highest BCUT2D eigenvalue weighted by Crippen LogP contribution is 2.45. The summed E-state index contributed by atoms with van der Waals surface area (Å²) in [5, 5.41) is 1.71. The molecule has 2 aromatic rings. The molecule has 2 aliphatic rings. The van der Waals surface area contributed by atoms with E-state index in [1.807, 2.05) is 37.3 Å². The summed E-state index contributed by atoms with van der Waals surface area (Å²) in [7, 11) is 1.20. The molecule has 180 valence electrons. The van der Waals surface area contributed by atoms with Gasteiger partial charge in [-0.05, 0) is 38.0 Å². The van der Waals surface area contributed by atoms with Crippen LogP contribution in [-0.2, 0) is 23.9 Å². The van der Waals surface area contributed by atoms with Crippen molar-refractivity contribution >= 4 is 45.8 Å². The van der Waals surface area contributed by atoms with Crippen LogP contribution in [0.1, 0.15) is 52.3 Å². The van der Waals surface area contributed by atoms with Crippen LogP contribution in [0.5, 0.6) is 0 Å². The quantitative estimate of drug-likeness (QED) is 0.433. The first-order valence-electron chi connectivity index (χ1n) is 11.1. The molecule has 0 bridgehead atoms. The molecule has 10 heteroatoms. The Hall–Kier alpha value is -3.24. The van der Waals surface area contributed by atoms with Gasteiger partial charge >= 0.3 is 11.9 Å². The van der Waals surface area contributed by atoms with Gasteiger partial charge in [0.25, 0.3) is 5.91 Å². The number of para-hydroxylation sites is 1. The third-order valence-electron chi connectivity index (χ3n) is 6.02. The summed E-state index contributed by atoms with van der Waals surface area (Å²) < 4.78 is 9.99. The standard InChI is InChI=1S/C24H26N2O7S/c1-5-10-15-17-18(33-26(15)14-11-8-7-9-12-14)21(28)25(20(17)27)22-16(23(29)31-4)13(3)19(34-22)24(30)32-6-2/h7-9,11-12,15,17-18H,5-6,10H2,1-4H3/t15-,17-,18+/m1/s1. The first-order chi connectivity index (χ1) is 16.3.